The lowest BCUT2D eigenvalue weighted by atomic mass is 10.1. The van der Waals surface area contributed by atoms with Crippen LogP contribution in [0.5, 0.6) is 0 Å². The molecule has 1 unspecified atom stereocenters. The number of anilines is 1. The van der Waals surface area contributed by atoms with Crippen molar-refractivity contribution in [3.63, 3.8) is 0 Å². The average molecular weight is 329 g/mol. The highest BCUT2D eigenvalue weighted by Crippen LogP contribution is 2.30. The second-order valence-electron chi connectivity index (χ2n) is 4.19. The Balaban J connectivity index is 2.06. The number of hydrogen-bond donors (Lipinski definition) is 0. The number of hydrogen-bond acceptors (Lipinski definition) is 4. The maximum atomic E-state index is 12.0. The number of carbonyl (C=O) groups excluding carboxylic acids is 2. The topological polar surface area (TPSA) is 50.3 Å². The van der Waals surface area contributed by atoms with Gasteiger partial charge in [-0.2, -0.15) is 0 Å². The predicted octanol–water partition coefficient (Wildman–Crippen LogP) is 2.48. The molecular formula is C12H13BrN2O2S. The zero-order valence-corrected chi connectivity index (χ0v) is 12.3. The Hall–Kier alpha value is -0.880. The first-order valence-electron chi connectivity index (χ1n) is 5.62. The number of nitrogens with zero attached hydrogens (tertiary/aromatic N) is 2. The highest BCUT2D eigenvalue weighted by atomic mass is 79.9. The van der Waals surface area contributed by atoms with Crippen LogP contribution in [0, 0.1) is 5.92 Å². The summed E-state index contributed by atoms with van der Waals surface area (Å²) in [5.41, 5.74) is 0. The van der Waals surface area contributed by atoms with Gasteiger partial charge in [-0.25, -0.2) is 4.98 Å². The van der Waals surface area contributed by atoms with Crippen LogP contribution in [0.2, 0.25) is 0 Å². The van der Waals surface area contributed by atoms with Crippen LogP contribution >= 0.6 is 27.7 Å². The molecule has 1 saturated heterocycles. The molecule has 1 aromatic heterocycles. The highest BCUT2D eigenvalue weighted by Gasteiger charge is 2.32. The van der Waals surface area contributed by atoms with Crippen molar-refractivity contribution in [1.29, 1.82) is 0 Å². The Morgan fingerprint density at radius 3 is 3.11 bits per heavy atom. The third kappa shape index (κ3) is 3.11. The first kappa shape index (κ1) is 13.5. The van der Waals surface area contributed by atoms with Crippen LogP contribution in [0.3, 0.4) is 0 Å². The molecule has 0 aromatic carbocycles. The number of carbonyl (C=O) groups is 2. The maximum absolute atomic E-state index is 12.0. The van der Waals surface area contributed by atoms with E-state index in [0.29, 0.717) is 24.5 Å². The molecule has 0 saturated carbocycles. The fraction of sp³-hybridized carbons (Fsp3) is 0.417. The van der Waals surface area contributed by atoms with E-state index in [-0.39, 0.29) is 16.9 Å². The van der Waals surface area contributed by atoms with Gasteiger partial charge >= 0.3 is 0 Å². The summed E-state index contributed by atoms with van der Waals surface area (Å²) >= 11 is 4.68. The van der Waals surface area contributed by atoms with E-state index in [9.17, 15) is 9.59 Å². The number of pyridine rings is 1. The van der Waals surface area contributed by atoms with Gasteiger partial charge in [0.15, 0.2) is 5.12 Å². The second kappa shape index (κ2) is 5.84. The Morgan fingerprint density at radius 2 is 2.44 bits per heavy atom. The largest absolute Gasteiger partial charge is 0.296 e. The van der Waals surface area contributed by atoms with Crippen molar-refractivity contribution in [1.82, 2.24) is 4.98 Å². The van der Waals surface area contributed by atoms with E-state index in [1.165, 1.54) is 11.8 Å². The number of rotatable bonds is 3. The fourth-order valence-corrected chi connectivity index (χ4v) is 3.07. The van der Waals surface area contributed by atoms with Gasteiger partial charge in [0.25, 0.3) is 0 Å². The fourth-order valence-electron chi connectivity index (χ4n) is 1.91. The predicted molar refractivity (Wildman–Crippen MR) is 75.5 cm³/mol. The Labute approximate surface area is 118 Å². The summed E-state index contributed by atoms with van der Waals surface area (Å²) in [6.45, 7) is 2.18. The minimum atomic E-state index is 0.0727. The van der Waals surface area contributed by atoms with Crippen molar-refractivity contribution >= 4 is 44.5 Å². The van der Waals surface area contributed by atoms with Crippen LogP contribution in [0.1, 0.15) is 13.3 Å². The maximum Gasteiger partial charge on any atom is 0.228 e. The summed E-state index contributed by atoms with van der Waals surface area (Å²) in [6, 6.07) is 3.68. The molecule has 18 heavy (non-hydrogen) atoms. The molecule has 1 amide bonds. The van der Waals surface area contributed by atoms with Gasteiger partial charge in [0.2, 0.25) is 5.91 Å². The molecular weight excluding hydrogens is 316 g/mol. The summed E-state index contributed by atoms with van der Waals surface area (Å²) < 4.78 is 0.818. The van der Waals surface area contributed by atoms with Gasteiger partial charge in [0.1, 0.15) is 5.82 Å². The quantitative estimate of drug-likeness (QED) is 0.855. The van der Waals surface area contributed by atoms with Crippen LogP contribution in [-0.2, 0) is 9.59 Å². The van der Waals surface area contributed by atoms with Crippen LogP contribution in [-0.4, -0.2) is 28.3 Å². The smallest absolute Gasteiger partial charge is 0.228 e. The summed E-state index contributed by atoms with van der Waals surface area (Å²) in [4.78, 5) is 28.8. The van der Waals surface area contributed by atoms with Crippen molar-refractivity contribution in [2.24, 2.45) is 5.92 Å². The second-order valence-corrected chi connectivity index (χ2v) is 6.24. The zero-order chi connectivity index (χ0) is 13.1. The molecule has 6 heteroatoms. The first-order valence-corrected chi connectivity index (χ1v) is 7.40. The minimum absolute atomic E-state index is 0.0727. The SMILES string of the molecule is CC(=O)SCC1CC(=O)N(c2ncccc2Br)C1. The van der Waals surface area contributed by atoms with Crippen molar-refractivity contribution in [3.8, 4) is 0 Å². The molecule has 2 rings (SSSR count). The van der Waals surface area contributed by atoms with E-state index >= 15 is 0 Å². The normalized spacial score (nSPS) is 19.3. The number of aromatic nitrogens is 1. The van der Waals surface area contributed by atoms with Crippen LogP contribution in [0.4, 0.5) is 5.82 Å². The number of thioether (sulfide) groups is 1. The molecule has 0 aliphatic carbocycles. The van der Waals surface area contributed by atoms with E-state index in [1.807, 2.05) is 12.1 Å². The van der Waals surface area contributed by atoms with Gasteiger partial charge in [-0.1, -0.05) is 11.8 Å². The summed E-state index contributed by atoms with van der Waals surface area (Å²) in [5, 5.41) is 0.0971. The van der Waals surface area contributed by atoms with Gasteiger partial charge < -0.3 is 0 Å². The molecule has 0 radical (unpaired) electrons. The van der Waals surface area contributed by atoms with Crippen LogP contribution < -0.4 is 4.90 Å². The standard InChI is InChI=1S/C12H13BrN2O2S/c1-8(16)18-7-9-5-11(17)15(6-9)12-10(13)3-2-4-14-12/h2-4,9H,5-7H2,1H3. The molecule has 2 heterocycles. The molecule has 1 aromatic rings. The van der Waals surface area contributed by atoms with Gasteiger partial charge in [-0.15, -0.1) is 0 Å². The Bertz CT molecular complexity index is 481. The van der Waals surface area contributed by atoms with E-state index in [1.54, 1.807) is 18.0 Å². The van der Waals surface area contributed by atoms with E-state index in [0.717, 1.165) is 4.47 Å². The number of amides is 1. The summed E-state index contributed by atoms with van der Waals surface area (Å²) in [7, 11) is 0. The highest BCUT2D eigenvalue weighted by molar-refractivity contribution is 9.10. The number of halogens is 1. The average Bonchev–Trinajstić information content (AvgIpc) is 2.69. The lowest BCUT2D eigenvalue weighted by Crippen LogP contribution is -2.26. The van der Waals surface area contributed by atoms with Crippen molar-refractivity contribution < 1.29 is 9.59 Å². The van der Waals surface area contributed by atoms with Gasteiger partial charge in [0, 0.05) is 31.8 Å². The summed E-state index contributed by atoms with van der Waals surface area (Å²) in [6.07, 6.45) is 2.16. The molecule has 0 N–H and O–H groups in total. The van der Waals surface area contributed by atoms with E-state index < -0.39 is 0 Å². The minimum Gasteiger partial charge on any atom is -0.296 e. The molecule has 1 atom stereocenters. The zero-order valence-electron chi connectivity index (χ0n) is 9.93. The van der Waals surface area contributed by atoms with E-state index in [4.69, 9.17) is 0 Å². The third-order valence-electron chi connectivity index (χ3n) is 2.72. The Morgan fingerprint density at radius 1 is 1.67 bits per heavy atom. The molecule has 0 bridgehead atoms. The van der Waals surface area contributed by atoms with Crippen LogP contribution in [0.15, 0.2) is 22.8 Å². The molecule has 1 aliphatic heterocycles. The monoisotopic (exact) mass is 328 g/mol. The van der Waals surface area contributed by atoms with Gasteiger partial charge in [-0.3, -0.25) is 14.5 Å². The van der Waals surface area contributed by atoms with Crippen molar-refractivity contribution in [2.75, 3.05) is 17.2 Å². The van der Waals surface area contributed by atoms with E-state index in [2.05, 4.69) is 20.9 Å². The van der Waals surface area contributed by atoms with Crippen molar-refractivity contribution in [3.05, 3.63) is 22.8 Å². The molecule has 1 fully saturated rings. The molecule has 4 nitrogen and oxygen atoms in total. The van der Waals surface area contributed by atoms with Gasteiger partial charge in [-0.05, 0) is 34.0 Å². The molecule has 1 aliphatic rings. The summed E-state index contributed by atoms with van der Waals surface area (Å²) in [5.74, 6) is 1.66. The van der Waals surface area contributed by atoms with Crippen molar-refractivity contribution in [2.45, 2.75) is 13.3 Å². The molecule has 96 valence electrons. The van der Waals surface area contributed by atoms with Gasteiger partial charge in [0.05, 0.1) is 4.47 Å². The lowest BCUT2D eigenvalue weighted by Gasteiger charge is -2.16. The Kier molecular flexibility index (Phi) is 4.40. The lowest BCUT2D eigenvalue weighted by molar-refractivity contribution is -0.117. The molecule has 0 spiro atoms. The third-order valence-corrected chi connectivity index (χ3v) is 4.39. The van der Waals surface area contributed by atoms with Crippen LogP contribution in [0.25, 0.3) is 0 Å². The first-order chi connectivity index (χ1) is 8.58.